The second-order valence-electron chi connectivity index (χ2n) is 6.26. The van der Waals surface area contributed by atoms with E-state index in [0.717, 1.165) is 50.4 Å². The summed E-state index contributed by atoms with van der Waals surface area (Å²) in [6, 6.07) is 20.4. The van der Waals surface area contributed by atoms with E-state index in [1.54, 1.807) is 0 Å². The number of halogens is 2. The predicted molar refractivity (Wildman–Crippen MR) is 114 cm³/mol. The zero-order valence-electron chi connectivity index (χ0n) is 14.1. The molecule has 0 radical (unpaired) electrons. The van der Waals surface area contributed by atoms with Crippen molar-refractivity contribution in [2.24, 2.45) is 0 Å². The molecule has 0 unspecified atom stereocenters. The van der Waals surface area contributed by atoms with Crippen LogP contribution in [-0.2, 0) is 0 Å². The molecule has 128 valence electrons. The molecule has 0 spiro atoms. The van der Waals surface area contributed by atoms with Crippen molar-refractivity contribution in [2.75, 3.05) is 0 Å². The van der Waals surface area contributed by atoms with Crippen molar-refractivity contribution < 1.29 is 0 Å². The minimum atomic E-state index is 0.736. The zero-order chi connectivity index (χ0) is 17.9. The van der Waals surface area contributed by atoms with Crippen LogP contribution >= 0.6 is 27.5 Å². The van der Waals surface area contributed by atoms with Crippen molar-refractivity contribution in [1.82, 2.24) is 4.98 Å². The average Bonchev–Trinajstić information content (AvgIpc) is 2.69. The Morgan fingerprint density at radius 2 is 1.69 bits per heavy atom. The largest absolute Gasteiger partial charge is 0.248 e. The van der Waals surface area contributed by atoms with Crippen LogP contribution in [0.5, 0.6) is 0 Å². The molecule has 0 fully saturated rings. The van der Waals surface area contributed by atoms with Crippen molar-refractivity contribution in [3.8, 4) is 22.4 Å². The number of hydrogen-bond donors (Lipinski definition) is 0. The highest BCUT2D eigenvalue weighted by Crippen LogP contribution is 2.33. The fraction of sp³-hybridized carbons (Fsp3) is 0.0870. The van der Waals surface area contributed by atoms with Crippen LogP contribution in [0.4, 0.5) is 0 Å². The highest BCUT2D eigenvalue weighted by atomic mass is 79.9. The van der Waals surface area contributed by atoms with Crippen molar-refractivity contribution in [1.29, 1.82) is 0 Å². The lowest BCUT2D eigenvalue weighted by atomic mass is 9.98. The van der Waals surface area contributed by atoms with E-state index in [2.05, 4.69) is 58.4 Å². The first-order chi connectivity index (χ1) is 12.7. The number of rotatable bonds is 3. The summed E-state index contributed by atoms with van der Waals surface area (Å²) >= 11 is 9.88. The molecular weight excluding hydrogens is 406 g/mol. The predicted octanol–water partition coefficient (Wildman–Crippen LogP) is 7.56. The first-order valence-corrected chi connectivity index (χ1v) is 9.78. The van der Waals surface area contributed by atoms with Crippen LogP contribution in [0.1, 0.15) is 18.5 Å². The molecule has 1 aliphatic carbocycles. The van der Waals surface area contributed by atoms with Crippen molar-refractivity contribution in [3.63, 3.8) is 0 Å². The van der Waals surface area contributed by atoms with Gasteiger partial charge < -0.3 is 0 Å². The average molecular weight is 423 g/mol. The molecule has 1 heterocycles. The molecule has 0 N–H and O–H groups in total. The van der Waals surface area contributed by atoms with E-state index in [1.807, 2.05) is 36.4 Å². The van der Waals surface area contributed by atoms with Crippen LogP contribution in [0, 0.1) is 0 Å². The van der Waals surface area contributed by atoms with Crippen LogP contribution in [0.3, 0.4) is 0 Å². The molecule has 1 nitrogen and oxygen atoms in total. The van der Waals surface area contributed by atoms with E-state index < -0.39 is 0 Å². The van der Waals surface area contributed by atoms with E-state index in [4.69, 9.17) is 16.6 Å². The fourth-order valence-corrected chi connectivity index (χ4v) is 3.80. The minimum absolute atomic E-state index is 0.736. The number of hydrogen-bond acceptors (Lipinski definition) is 1. The maximum absolute atomic E-state index is 6.22. The van der Waals surface area contributed by atoms with Gasteiger partial charge >= 0.3 is 0 Å². The van der Waals surface area contributed by atoms with Gasteiger partial charge in [0.15, 0.2) is 0 Å². The minimum Gasteiger partial charge on any atom is -0.248 e. The van der Waals surface area contributed by atoms with Gasteiger partial charge in [0.25, 0.3) is 0 Å². The van der Waals surface area contributed by atoms with Gasteiger partial charge in [0, 0.05) is 15.1 Å². The maximum atomic E-state index is 6.22. The zero-order valence-corrected chi connectivity index (χ0v) is 16.5. The van der Waals surface area contributed by atoms with Crippen molar-refractivity contribution >= 4 is 33.1 Å². The van der Waals surface area contributed by atoms with Gasteiger partial charge in [-0.1, -0.05) is 76.1 Å². The molecule has 2 aromatic carbocycles. The summed E-state index contributed by atoms with van der Waals surface area (Å²) in [4.78, 5) is 4.95. The lowest BCUT2D eigenvalue weighted by Gasteiger charge is -2.13. The molecule has 1 aromatic heterocycles. The van der Waals surface area contributed by atoms with Crippen LogP contribution in [-0.4, -0.2) is 4.98 Å². The van der Waals surface area contributed by atoms with E-state index in [0.29, 0.717) is 0 Å². The van der Waals surface area contributed by atoms with Gasteiger partial charge in [-0.25, -0.2) is 4.98 Å². The van der Waals surface area contributed by atoms with Crippen LogP contribution < -0.4 is 0 Å². The monoisotopic (exact) mass is 421 g/mol. The van der Waals surface area contributed by atoms with E-state index >= 15 is 0 Å². The van der Waals surface area contributed by atoms with Crippen LogP contribution in [0.25, 0.3) is 28.0 Å². The van der Waals surface area contributed by atoms with Gasteiger partial charge in [-0.05, 0) is 59.9 Å². The maximum Gasteiger partial charge on any atom is 0.0727 e. The molecule has 0 amide bonds. The molecule has 0 saturated heterocycles. The number of aromatic nitrogens is 1. The molecule has 26 heavy (non-hydrogen) atoms. The Morgan fingerprint density at radius 1 is 0.846 bits per heavy atom. The summed E-state index contributed by atoms with van der Waals surface area (Å²) in [7, 11) is 0. The SMILES string of the molecule is Clc1cccc(-c2cc(C3=CCCC=C3)nc(-c3ccccc3Br)c2)c1. The molecule has 1 aliphatic rings. The number of pyridine rings is 1. The Morgan fingerprint density at radius 3 is 2.46 bits per heavy atom. The summed E-state index contributed by atoms with van der Waals surface area (Å²) in [6.45, 7) is 0. The fourth-order valence-electron chi connectivity index (χ4n) is 3.12. The Kier molecular flexibility index (Phi) is 5.05. The Labute approximate surface area is 167 Å². The first-order valence-electron chi connectivity index (χ1n) is 8.61. The van der Waals surface area contributed by atoms with Crippen LogP contribution in [0.15, 0.2) is 83.4 Å². The summed E-state index contributed by atoms with van der Waals surface area (Å²) in [5.74, 6) is 0. The Balaban J connectivity index is 1.91. The Hall–Kier alpha value is -2.16. The molecule has 3 aromatic rings. The van der Waals surface area contributed by atoms with E-state index in [-0.39, 0.29) is 0 Å². The highest BCUT2D eigenvalue weighted by Gasteiger charge is 2.12. The molecule has 0 bridgehead atoms. The molecule has 0 saturated carbocycles. The lowest BCUT2D eigenvalue weighted by molar-refractivity contribution is 1.04. The van der Waals surface area contributed by atoms with E-state index in [1.165, 1.54) is 5.57 Å². The number of nitrogens with zero attached hydrogens (tertiary/aromatic N) is 1. The van der Waals surface area contributed by atoms with Gasteiger partial charge in [-0.15, -0.1) is 0 Å². The summed E-state index contributed by atoms with van der Waals surface area (Å²) in [5.41, 5.74) is 6.40. The van der Waals surface area contributed by atoms with E-state index in [9.17, 15) is 0 Å². The smallest absolute Gasteiger partial charge is 0.0727 e. The highest BCUT2D eigenvalue weighted by molar-refractivity contribution is 9.10. The molecule has 0 aliphatic heterocycles. The molecule has 4 rings (SSSR count). The Bertz CT molecular complexity index is 1020. The number of allylic oxidation sites excluding steroid dienone is 4. The second kappa shape index (κ2) is 7.61. The standard InChI is InChI=1S/C23H17BrClN/c24-21-12-5-4-11-20(21)23-15-18(17-9-6-10-19(25)13-17)14-22(26-23)16-7-2-1-3-8-16/h2,4-15H,1,3H2. The number of benzene rings is 2. The first kappa shape index (κ1) is 17.3. The second-order valence-corrected chi connectivity index (χ2v) is 7.55. The van der Waals surface area contributed by atoms with Gasteiger partial charge in [0.05, 0.1) is 11.4 Å². The van der Waals surface area contributed by atoms with Gasteiger partial charge in [0.2, 0.25) is 0 Å². The quantitative estimate of drug-likeness (QED) is 0.424. The topological polar surface area (TPSA) is 12.9 Å². The van der Waals surface area contributed by atoms with Gasteiger partial charge in [-0.3, -0.25) is 0 Å². The summed E-state index contributed by atoms with van der Waals surface area (Å²) < 4.78 is 1.04. The molecular formula is C23H17BrClN. The van der Waals surface area contributed by atoms with Gasteiger partial charge in [0.1, 0.15) is 0 Å². The van der Waals surface area contributed by atoms with Crippen molar-refractivity contribution in [2.45, 2.75) is 12.8 Å². The lowest BCUT2D eigenvalue weighted by Crippen LogP contribution is -1.95. The van der Waals surface area contributed by atoms with Gasteiger partial charge in [-0.2, -0.15) is 0 Å². The molecule has 3 heteroatoms. The summed E-state index contributed by atoms with van der Waals surface area (Å²) in [6.07, 6.45) is 8.78. The third-order valence-electron chi connectivity index (χ3n) is 4.42. The third kappa shape index (κ3) is 3.67. The molecule has 0 atom stereocenters. The van der Waals surface area contributed by atoms with Crippen LogP contribution in [0.2, 0.25) is 5.02 Å². The summed E-state index contributed by atoms with van der Waals surface area (Å²) in [5, 5.41) is 0.736. The normalized spacial score (nSPS) is 13.5. The third-order valence-corrected chi connectivity index (χ3v) is 5.35. The van der Waals surface area contributed by atoms with Crippen molar-refractivity contribution in [3.05, 3.63) is 94.1 Å².